The number of fused-ring (bicyclic) bond motifs is 1. The van der Waals surface area contributed by atoms with Crippen LogP contribution in [-0.4, -0.2) is 15.8 Å². The van der Waals surface area contributed by atoms with Gasteiger partial charge in [-0.15, -0.1) is 0 Å². The fourth-order valence-electron chi connectivity index (χ4n) is 3.57. The molecule has 2 heterocycles. The van der Waals surface area contributed by atoms with Crippen LogP contribution in [0.4, 0.5) is 11.4 Å². The number of halogens is 1. The van der Waals surface area contributed by atoms with Crippen molar-refractivity contribution in [2.75, 3.05) is 4.90 Å². The number of anilines is 1. The van der Waals surface area contributed by atoms with Crippen LogP contribution in [0, 0.1) is 24.0 Å². The minimum absolute atomic E-state index is 0.0349. The van der Waals surface area contributed by atoms with Crippen LogP contribution < -0.4 is 4.90 Å². The molecule has 1 aliphatic rings. The SMILES string of the molecule is Cc1cc(C)c(C=C2C(=O)N(Cc3ccc(Br)cc3)c3ccc([N+](=O)[O-])cc32)[nH]1. The van der Waals surface area contributed by atoms with Gasteiger partial charge in [-0.1, -0.05) is 28.1 Å². The first kappa shape index (κ1) is 19.1. The first-order valence-electron chi connectivity index (χ1n) is 9.06. The number of nitro groups is 1. The fraction of sp³-hybridized carbons (Fsp3) is 0.136. The van der Waals surface area contributed by atoms with Gasteiger partial charge < -0.3 is 9.88 Å². The van der Waals surface area contributed by atoms with E-state index in [-0.39, 0.29) is 11.6 Å². The normalized spacial score (nSPS) is 14.5. The number of H-pyrrole nitrogens is 1. The molecule has 0 aliphatic carbocycles. The van der Waals surface area contributed by atoms with Crippen molar-refractivity contribution >= 4 is 44.9 Å². The van der Waals surface area contributed by atoms with Gasteiger partial charge in [-0.2, -0.15) is 0 Å². The van der Waals surface area contributed by atoms with Gasteiger partial charge in [0.05, 0.1) is 22.7 Å². The molecule has 6 nitrogen and oxygen atoms in total. The maximum Gasteiger partial charge on any atom is 0.270 e. The molecule has 0 radical (unpaired) electrons. The van der Waals surface area contributed by atoms with E-state index in [1.165, 1.54) is 12.1 Å². The molecule has 4 rings (SSSR count). The summed E-state index contributed by atoms with van der Waals surface area (Å²) in [6, 6.07) is 14.3. The Bertz CT molecular complexity index is 1160. The van der Waals surface area contributed by atoms with E-state index in [2.05, 4.69) is 20.9 Å². The summed E-state index contributed by atoms with van der Waals surface area (Å²) in [7, 11) is 0. The van der Waals surface area contributed by atoms with Gasteiger partial charge in [0.15, 0.2) is 0 Å². The van der Waals surface area contributed by atoms with Crippen molar-refractivity contribution in [2.45, 2.75) is 20.4 Å². The van der Waals surface area contributed by atoms with Crippen LogP contribution >= 0.6 is 15.9 Å². The second kappa shape index (κ2) is 7.33. The highest BCUT2D eigenvalue weighted by Gasteiger charge is 2.34. The van der Waals surface area contributed by atoms with Crippen molar-refractivity contribution in [3.8, 4) is 0 Å². The summed E-state index contributed by atoms with van der Waals surface area (Å²) in [6.07, 6.45) is 1.79. The molecule has 146 valence electrons. The van der Waals surface area contributed by atoms with E-state index in [0.717, 1.165) is 27.0 Å². The molecule has 2 aromatic carbocycles. The van der Waals surface area contributed by atoms with E-state index < -0.39 is 4.92 Å². The summed E-state index contributed by atoms with van der Waals surface area (Å²) in [6.45, 7) is 4.30. The lowest BCUT2D eigenvalue weighted by Crippen LogP contribution is -2.25. The fourth-order valence-corrected chi connectivity index (χ4v) is 3.84. The van der Waals surface area contributed by atoms with E-state index in [1.54, 1.807) is 17.0 Å². The Morgan fingerprint density at radius 2 is 1.86 bits per heavy atom. The molecule has 0 atom stereocenters. The Labute approximate surface area is 176 Å². The van der Waals surface area contributed by atoms with E-state index in [1.807, 2.05) is 44.2 Å². The number of amides is 1. The number of non-ortho nitro benzene ring substituents is 1. The van der Waals surface area contributed by atoms with Crippen LogP contribution in [0.1, 0.15) is 28.1 Å². The molecule has 3 aromatic rings. The Balaban J connectivity index is 1.82. The molecule has 0 fully saturated rings. The van der Waals surface area contributed by atoms with Crippen molar-refractivity contribution in [3.05, 3.63) is 91.2 Å². The van der Waals surface area contributed by atoms with Crippen LogP contribution in [0.3, 0.4) is 0 Å². The molecule has 29 heavy (non-hydrogen) atoms. The Kier molecular flexibility index (Phi) is 4.84. The van der Waals surface area contributed by atoms with E-state index in [9.17, 15) is 14.9 Å². The Morgan fingerprint density at radius 1 is 1.14 bits per heavy atom. The maximum absolute atomic E-state index is 13.3. The third kappa shape index (κ3) is 3.61. The molecule has 7 heteroatoms. The van der Waals surface area contributed by atoms with Gasteiger partial charge in [0.2, 0.25) is 0 Å². The van der Waals surface area contributed by atoms with Gasteiger partial charge in [-0.25, -0.2) is 0 Å². The third-order valence-electron chi connectivity index (χ3n) is 4.98. The molecule has 1 aliphatic heterocycles. The highest BCUT2D eigenvalue weighted by atomic mass is 79.9. The van der Waals surface area contributed by atoms with Crippen molar-refractivity contribution in [2.24, 2.45) is 0 Å². The summed E-state index contributed by atoms with van der Waals surface area (Å²) >= 11 is 3.42. The van der Waals surface area contributed by atoms with Crippen LogP contribution in [0.15, 0.2) is 53.0 Å². The number of rotatable bonds is 4. The number of hydrogen-bond donors (Lipinski definition) is 1. The number of nitrogens with one attached hydrogen (secondary N) is 1. The monoisotopic (exact) mass is 451 g/mol. The zero-order valence-electron chi connectivity index (χ0n) is 15.9. The number of carbonyl (C=O) groups excluding carboxylic acids is 1. The average Bonchev–Trinajstić information content (AvgIpc) is 3.14. The number of nitrogens with zero attached hydrogens (tertiary/aromatic N) is 2. The van der Waals surface area contributed by atoms with Crippen LogP contribution in [0.2, 0.25) is 0 Å². The minimum Gasteiger partial charge on any atom is -0.359 e. The zero-order chi connectivity index (χ0) is 20.7. The summed E-state index contributed by atoms with van der Waals surface area (Å²) in [5, 5.41) is 11.3. The van der Waals surface area contributed by atoms with Gasteiger partial charge in [-0.3, -0.25) is 14.9 Å². The second-order valence-corrected chi connectivity index (χ2v) is 8.00. The smallest absolute Gasteiger partial charge is 0.270 e. The largest absolute Gasteiger partial charge is 0.359 e. The van der Waals surface area contributed by atoms with E-state index in [0.29, 0.717) is 23.4 Å². The number of nitro benzene ring substituents is 1. The summed E-state index contributed by atoms with van der Waals surface area (Å²) in [5.41, 5.74) is 5.47. The molecule has 0 unspecified atom stereocenters. The van der Waals surface area contributed by atoms with Gasteiger partial charge in [0.25, 0.3) is 11.6 Å². The molecule has 0 saturated carbocycles. The average molecular weight is 452 g/mol. The molecule has 0 saturated heterocycles. The molecule has 1 aromatic heterocycles. The van der Waals surface area contributed by atoms with Crippen LogP contribution in [0.25, 0.3) is 11.6 Å². The molecular weight excluding hydrogens is 434 g/mol. The molecular formula is C22H18BrN3O3. The lowest BCUT2D eigenvalue weighted by atomic mass is 10.0. The van der Waals surface area contributed by atoms with Gasteiger partial charge in [0.1, 0.15) is 0 Å². The highest BCUT2D eigenvalue weighted by molar-refractivity contribution is 9.10. The first-order chi connectivity index (χ1) is 13.8. The molecule has 1 N–H and O–H groups in total. The Morgan fingerprint density at radius 3 is 2.48 bits per heavy atom. The van der Waals surface area contributed by atoms with Crippen LogP contribution in [0.5, 0.6) is 0 Å². The number of hydrogen-bond acceptors (Lipinski definition) is 3. The minimum atomic E-state index is -0.441. The third-order valence-corrected chi connectivity index (χ3v) is 5.51. The number of benzene rings is 2. The number of aromatic nitrogens is 1. The van der Waals surface area contributed by atoms with Crippen molar-refractivity contribution in [1.82, 2.24) is 4.98 Å². The lowest BCUT2D eigenvalue weighted by molar-refractivity contribution is -0.384. The first-order valence-corrected chi connectivity index (χ1v) is 9.86. The number of carbonyl (C=O) groups is 1. The topological polar surface area (TPSA) is 79.2 Å². The van der Waals surface area contributed by atoms with Gasteiger partial charge in [0, 0.05) is 33.6 Å². The lowest BCUT2D eigenvalue weighted by Gasteiger charge is -2.17. The summed E-state index contributed by atoms with van der Waals surface area (Å²) in [4.78, 5) is 29.1. The number of aromatic amines is 1. The van der Waals surface area contributed by atoms with Crippen molar-refractivity contribution in [1.29, 1.82) is 0 Å². The van der Waals surface area contributed by atoms with Crippen LogP contribution in [-0.2, 0) is 11.3 Å². The summed E-state index contributed by atoms with van der Waals surface area (Å²) < 4.78 is 0.961. The molecule has 0 spiro atoms. The zero-order valence-corrected chi connectivity index (χ0v) is 17.5. The number of aryl methyl sites for hydroxylation is 2. The predicted molar refractivity (Wildman–Crippen MR) is 117 cm³/mol. The molecule has 1 amide bonds. The van der Waals surface area contributed by atoms with Crippen molar-refractivity contribution in [3.63, 3.8) is 0 Å². The molecule has 0 bridgehead atoms. The highest BCUT2D eigenvalue weighted by Crippen LogP contribution is 2.40. The van der Waals surface area contributed by atoms with E-state index >= 15 is 0 Å². The second-order valence-electron chi connectivity index (χ2n) is 7.08. The summed E-state index contributed by atoms with van der Waals surface area (Å²) in [5.74, 6) is -0.171. The van der Waals surface area contributed by atoms with Gasteiger partial charge in [-0.05, 0) is 55.3 Å². The predicted octanol–water partition coefficient (Wildman–Crippen LogP) is 5.39. The van der Waals surface area contributed by atoms with Gasteiger partial charge >= 0.3 is 0 Å². The maximum atomic E-state index is 13.3. The quantitative estimate of drug-likeness (QED) is 0.328. The van der Waals surface area contributed by atoms with Crippen molar-refractivity contribution < 1.29 is 9.72 Å². The van der Waals surface area contributed by atoms with E-state index in [4.69, 9.17) is 0 Å². The Hall–Kier alpha value is -3.19. The standard InChI is InChI=1S/C22H18BrN3O3/c1-13-9-14(2)24-20(13)11-19-18-10-17(26(28)29)7-8-21(18)25(22(19)27)12-15-3-5-16(23)6-4-15/h3-11,24H,12H2,1-2H3.